The minimum atomic E-state index is -0.938. The molecule has 140 valence electrons. The lowest BCUT2D eigenvalue weighted by Crippen LogP contribution is -2.26. The molecule has 0 fully saturated rings. The van der Waals surface area contributed by atoms with Crippen molar-refractivity contribution in [3.63, 3.8) is 0 Å². The van der Waals surface area contributed by atoms with Crippen molar-refractivity contribution in [2.75, 3.05) is 32.2 Å². The van der Waals surface area contributed by atoms with Crippen molar-refractivity contribution < 1.29 is 19.4 Å². The van der Waals surface area contributed by atoms with Crippen molar-refractivity contribution in [3.8, 4) is 5.75 Å². The summed E-state index contributed by atoms with van der Waals surface area (Å²) >= 11 is 0. The molecule has 26 heavy (non-hydrogen) atoms. The minimum Gasteiger partial charge on any atom is -0.493 e. The molecule has 2 rings (SSSR count). The number of anilines is 1. The van der Waals surface area contributed by atoms with E-state index >= 15 is 0 Å². The summed E-state index contributed by atoms with van der Waals surface area (Å²) in [5.41, 5.74) is 3.32. The second-order valence-corrected chi connectivity index (χ2v) is 6.29. The van der Waals surface area contributed by atoms with E-state index in [9.17, 15) is 4.79 Å². The molecule has 1 N–H and O–H groups in total. The molecule has 0 radical (unpaired) electrons. The zero-order chi connectivity index (χ0) is 18.9. The van der Waals surface area contributed by atoms with E-state index in [-0.39, 0.29) is 0 Å². The first-order valence-electron chi connectivity index (χ1n) is 8.82. The van der Waals surface area contributed by atoms with Crippen molar-refractivity contribution >= 4 is 11.7 Å². The van der Waals surface area contributed by atoms with Gasteiger partial charge in [0, 0.05) is 39.2 Å². The van der Waals surface area contributed by atoms with Crippen LogP contribution in [0.5, 0.6) is 5.75 Å². The lowest BCUT2D eigenvalue weighted by Gasteiger charge is -2.13. The maximum Gasteiger partial charge on any atom is 0.333 e. The second-order valence-electron chi connectivity index (χ2n) is 6.29. The Labute approximate surface area is 155 Å². The minimum absolute atomic E-state index is 0.349. The number of carboxylic acid groups (broad SMARTS) is 1. The Balaban J connectivity index is 1.82. The van der Waals surface area contributed by atoms with Crippen LogP contribution in [0.1, 0.15) is 18.1 Å². The number of rotatable bonds is 10. The molecule has 1 unspecified atom stereocenters. The lowest BCUT2D eigenvalue weighted by molar-refractivity contribution is -0.149. The Kier molecular flexibility index (Phi) is 7.48. The number of aliphatic carboxylic acids is 1. The van der Waals surface area contributed by atoms with Gasteiger partial charge in [0.05, 0.1) is 6.61 Å². The summed E-state index contributed by atoms with van der Waals surface area (Å²) in [7, 11) is 4.05. The van der Waals surface area contributed by atoms with Gasteiger partial charge in [0.25, 0.3) is 0 Å². The number of hydrogen-bond acceptors (Lipinski definition) is 4. The zero-order valence-corrected chi connectivity index (χ0v) is 15.6. The first-order valence-corrected chi connectivity index (χ1v) is 8.82. The quantitative estimate of drug-likeness (QED) is 0.706. The van der Waals surface area contributed by atoms with Crippen LogP contribution in [0.2, 0.25) is 0 Å². The van der Waals surface area contributed by atoms with E-state index in [4.69, 9.17) is 14.6 Å². The van der Waals surface area contributed by atoms with Gasteiger partial charge in [-0.3, -0.25) is 0 Å². The van der Waals surface area contributed by atoms with E-state index in [0.29, 0.717) is 19.6 Å². The highest BCUT2D eigenvalue weighted by Crippen LogP contribution is 2.16. The Hall–Kier alpha value is -2.53. The van der Waals surface area contributed by atoms with Gasteiger partial charge in [-0.25, -0.2) is 4.79 Å². The van der Waals surface area contributed by atoms with E-state index in [0.717, 1.165) is 17.7 Å². The Morgan fingerprint density at radius 2 is 1.65 bits per heavy atom. The molecule has 2 aromatic carbocycles. The molecule has 0 spiro atoms. The number of carbonyl (C=O) groups is 1. The Bertz CT molecular complexity index is 680. The highest BCUT2D eigenvalue weighted by atomic mass is 16.5. The molecule has 1 atom stereocenters. The molecule has 5 nitrogen and oxygen atoms in total. The van der Waals surface area contributed by atoms with Gasteiger partial charge in [0.2, 0.25) is 0 Å². The van der Waals surface area contributed by atoms with E-state index in [1.54, 1.807) is 6.92 Å². The van der Waals surface area contributed by atoms with Gasteiger partial charge in [-0.2, -0.15) is 0 Å². The number of nitrogens with zero attached hydrogens (tertiary/aromatic N) is 1. The van der Waals surface area contributed by atoms with Crippen LogP contribution in [-0.4, -0.2) is 44.5 Å². The largest absolute Gasteiger partial charge is 0.493 e. The molecule has 0 heterocycles. The van der Waals surface area contributed by atoms with Crippen LogP contribution in [0.15, 0.2) is 48.5 Å². The highest BCUT2D eigenvalue weighted by molar-refractivity contribution is 5.72. The van der Waals surface area contributed by atoms with Gasteiger partial charge in [-0.15, -0.1) is 0 Å². The number of benzene rings is 2. The van der Waals surface area contributed by atoms with Crippen LogP contribution in [0.3, 0.4) is 0 Å². The molecule has 5 heteroatoms. The van der Waals surface area contributed by atoms with Crippen LogP contribution >= 0.6 is 0 Å². The van der Waals surface area contributed by atoms with E-state index in [2.05, 4.69) is 29.2 Å². The van der Waals surface area contributed by atoms with E-state index in [1.165, 1.54) is 11.3 Å². The van der Waals surface area contributed by atoms with Crippen LogP contribution in [0.25, 0.3) is 0 Å². The topological polar surface area (TPSA) is 59.0 Å². The molecule has 0 saturated heterocycles. The van der Waals surface area contributed by atoms with Crippen molar-refractivity contribution in [1.82, 2.24) is 0 Å². The summed E-state index contributed by atoms with van der Waals surface area (Å²) in [4.78, 5) is 13.2. The molecule has 0 saturated carbocycles. The third kappa shape index (κ3) is 6.08. The van der Waals surface area contributed by atoms with Crippen LogP contribution in [0, 0.1) is 0 Å². The van der Waals surface area contributed by atoms with Crippen LogP contribution < -0.4 is 9.64 Å². The number of hydrogen-bond donors (Lipinski definition) is 1. The fourth-order valence-electron chi connectivity index (χ4n) is 2.60. The fraction of sp³-hybridized carbons (Fsp3) is 0.381. The van der Waals surface area contributed by atoms with Gasteiger partial charge in [0.1, 0.15) is 5.75 Å². The third-order valence-electron chi connectivity index (χ3n) is 4.10. The fourth-order valence-corrected chi connectivity index (χ4v) is 2.60. The predicted molar refractivity (Wildman–Crippen MR) is 103 cm³/mol. The molecule has 0 aromatic heterocycles. The number of ether oxygens (including phenoxy) is 2. The molecule has 0 aliphatic rings. The van der Waals surface area contributed by atoms with Crippen molar-refractivity contribution in [2.45, 2.75) is 25.9 Å². The van der Waals surface area contributed by atoms with Crippen molar-refractivity contribution in [2.24, 2.45) is 0 Å². The molecule has 0 bridgehead atoms. The van der Waals surface area contributed by atoms with Crippen molar-refractivity contribution in [3.05, 3.63) is 59.7 Å². The zero-order valence-electron chi connectivity index (χ0n) is 15.6. The number of carboxylic acids is 1. The predicted octanol–water partition coefficient (Wildman–Crippen LogP) is 3.41. The van der Waals surface area contributed by atoms with E-state index < -0.39 is 12.1 Å². The molecule has 0 aliphatic carbocycles. The summed E-state index contributed by atoms with van der Waals surface area (Å²) < 4.78 is 11.0. The molecular formula is C21H27NO4. The smallest absolute Gasteiger partial charge is 0.333 e. The first kappa shape index (κ1) is 19.8. The third-order valence-corrected chi connectivity index (χ3v) is 4.10. The van der Waals surface area contributed by atoms with Gasteiger partial charge in [-0.05, 0) is 42.3 Å². The summed E-state index contributed by atoms with van der Waals surface area (Å²) in [5.74, 6) is -0.158. The second kappa shape index (κ2) is 9.82. The van der Waals surface area contributed by atoms with Gasteiger partial charge >= 0.3 is 5.97 Å². The van der Waals surface area contributed by atoms with Crippen molar-refractivity contribution in [1.29, 1.82) is 0 Å². The monoisotopic (exact) mass is 357 g/mol. The average molecular weight is 357 g/mol. The molecule has 0 aliphatic heterocycles. The van der Waals surface area contributed by atoms with Gasteiger partial charge in [0.15, 0.2) is 6.10 Å². The maximum atomic E-state index is 11.1. The molecule has 0 amide bonds. The molecule has 2 aromatic rings. The summed E-state index contributed by atoms with van der Waals surface area (Å²) in [6.07, 6.45) is 0.375. The summed E-state index contributed by atoms with van der Waals surface area (Å²) in [6, 6.07) is 15.9. The van der Waals surface area contributed by atoms with E-state index in [1.807, 2.05) is 38.4 Å². The van der Waals surface area contributed by atoms with Crippen LogP contribution in [-0.2, 0) is 22.4 Å². The van der Waals surface area contributed by atoms with Gasteiger partial charge < -0.3 is 19.5 Å². The average Bonchev–Trinajstić information content (AvgIpc) is 2.63. The normalized spacial score (nSPS) is 11.8. The Morgan fingerprint density at radius 1 is 1.04 bits per heavy atom. The summed E-state index contributed by atoms with van der Waals surface area (Å²) in [6.45, 7) is 2.77. The lowest BCUT2D eigenvalue weighted by atomic mass is 10.1. The van der Waals surface area contributed by atoms with Crippen LogP contribution in [0.4, 0.5) is 5.69 Å². The van der Waals surface area contributed by atoms with Gasteiger partial charge in [-0.1, -0.05) is 24.3 Å². The molecular weight excluding hydrogens is 330 g/mol. The Morgan fingerprint density at radius 3 is 2.19 bits per heavy atom. The SMILES string of the molecule is CCOC(Cc1ccc(OCCc2ccc(N(C)C)cc2)cc1)C(=O)O. The summed E-state index contributed by atoms with van der Waals surface area (Å²) in [5, 5.41) is 9.14. The maximum absolute atomic E-state index is 11.1. The standard InChI is InChI=1S/C21H27NO4/c1-4-25-20(21(23)24)15-17-7-11-19(12-8-17)26-14-13-16-5-9-18(10-6-16)22(2)3/h5-12,20H,4,13-15H2,1-3H3,(H,23,24). The first-order chi connectivity index (χ1) is 12.5. The highest BCUT2D eigenvalue weighted by Gasteiger charge is 2.17.